The van der Waals surface area contributed by atoms with E-state index >= 15 is 0 Å². The maximum absolute atomic E-state index is 10.0. The van der Waals surface area contributed by atoms with Crippen LogP contribution in [0.3, 0.4) is 0 Å². The second-order valence-corrected chi connectivity index (χ2v) is 5.28. The molecule has 0 saturated heterocycles. The van der Waals surface area contributed by atoms with Gasteiger partial charge in [0.25, 0.3) is 0 Å². The molecular weight excluding hydrogens is 276 g/mol. The van der Waals surface area contributed by atoms with Crippen LogP contribution in [0.15, 0.2) is 36.1 Å². The van der Waals surface area contributed by atoms with Crippen molar-refractivity contribution in [2.24, 2.45) is 0 Å². The first-order chi connectivity index (χ1) is 9.67. The average Bonchev–Trinajstić information content (AvgIpc) is 2.45. The van der Waals surface area contributed by atoms with Gasteiger partial charge in [-0.2, -0.15) is 0 Å². The molecule has 118 valence electrons. The Balaban J connectivity index is 2.91. The number of benzene rings is 1. The number of aliphatic hydroxyl groups excluding tert-OH is 5. The summed E-state index contributed by atoms with van der Waals surface area (Å²) in [6.45, 7) is 2.30. The highest BCUT2D eigenvalue weighted by Crippen LogP contribution is 2.23. The summed E-state index contributed by atoms with van der Waals surface area (Å²) in [6.07, 6.45) is -5.47. The zero-order valence-electron chi connectivity index (χ0n) is 12.0. The van der Waals surface area contributed by atoms with Gasteiger partial charge in [-0.05, 0) is 25.5 Å². The predicted molar refractivity (Wildman–Crippen MR) is 77.4 cm³/mol. The second kappa shape index (κ2) is 7.02. The highest BCUT2D eigenvalue weighted by Gasteiger charge is 2.44. The summed E-state index contributed by atoms with van der Waals surface area (Å²) in [5, 5.41) is 58.7. The van der Waals surface area contributed by atoms with Gasteiger partial charge in [0.2, 0.25) is 0 Å². The molecule has 0 radical (unpaired) electrons. The fourth-order valence-corrected chi connectivity index (χ4v) is 1.95. The Morgan fingerprint density at radius 1 is 1.05 bits per heavy atom. The van der Waals surface area contributed by atoms with Crippen molar-refractivity contribution in [3.05, 3.63) is 41.7 Å². The Morgan fingerprint density at radius 2 is 1.57 bits per heavy atom. The summed E-state index contributed by atoms with van der Waals surface area (Å²) in [7, 11) is 0. The van der Waals surface area contributed by atoms with Crippen LogP contribution in [0.5, 0.6) is 0 Å². The largest absolute Gasteiger partial charge is 0.509 e. The molecule has 1 rings (SSSR count). The van der Waals surface area contributed by atoms with Gasteiger partial charge in [-0.1, -0.05) is 30.3 Å². The Bertz CT molecular complexity index is 468. The van der Waals surface area contributed by atoms with Gasteiger partial charge in [0.05, 0.1) is 6.10 Å². The standard InChI is InChI=1S/C15H22O6/c1-9(16)13(19)15(2,21)14(20)12(18)11(17)8-10-6-4-3-5-7-10/h3-9,12-14,16-21H,1-2H3/t9?,12-,13+,14-,15-/m1/s1. The molecule has 0 bridgehead atoms. The van der Waals surface area contributed by atoms with Gasteiger partial charge >= 0.3 is 0 Å². The minimum absolute atomic E-state index is 0.563. The van der Waals surface area contributed by atoms with Crippen molar-refractivity contribution < 1.29 is 30.6 Å². The first kappa shape index (κ1) is 17.6. The molecular formula is C15H22O6. The van der Waals surface area contributed by atoms with Gasteiger partial charge in [-0.3, -0.25) is 0 Å². The van der Waals surface area contributed by atoms with E-state index in [-0.39, 0.29) is 0 Å². The van der Waals surface area contributed by atoms with Crippen molar-refractivity contribution in [3.63, 3.8) is 0 Å². The van der Waals surface area contributed by atoms with Gasteiger partial charge in [0, 0.05) is 0 Å². The van der Waals surface area contributed by atoms with Crippen LogP contribution in [0.25, 0.3) is 6.08 Å². The third kappa shape index (κ3) is 4.26. The fraction of sp³-hybridized carbons (Fsp3) is 0.467. The monoisotopic (exact) mass is 298 g/mol. The lowest BCUT2D eigenvalue weighted by Gasteiger charge is -2.37. The normalized spacial score (nSPS) is 21.2. The maximum Gasteiger partial charge on any atom is 0.139 e. The van der Waals surface area contributed by atoms with E-state index in [2.05, 4.69) is 0 Å². The van der Waals surface area contributed by atoms with Crippen molar-refractivity contribution in [3.8, 4) is 0 Å². The number of rotatable bonds is 6. The average molecular weight is 298 g/mol. The molecule has 1 unspecified atom stereocenters. The molecule has 0 saturated carbocycles. The van der Waals surface area contributed by atoms with Gasteiger partial charge in [0.15, 0.2) is 0 Å². The van der Waals surface area contributed by atoms with Crippen LogP contribution in [0, 0.1) is 0 Å². The van der Waals surface area contributed by atoms with Crippen molar-refractivity contribution in [2.45, 2.75) is 43.9 Å². The summed E-state index contributed by atoms with van der Waals surface area (Å²) >= 11 is 0. The molecule has 0 aromatic heterocycles. The van der Waals surface area contributed by atoms with Crippen LogP contribution in [0.1, 0.15) is 19.4 Å². The molecule has 21 heavy (non-hydrogen) atoms. The van der Waals surface area contributed by atoms with E-state index in [1.165, 1.54) is 13.0 Å². The number of hydrogen-bond donors (Lipinski definition) is 6. The van der Waals surface area contributed by atoms with Crippen LogP contribution >= 0.6 is 0 Å². The van der Waals surface area contributed by atoms with E-state index in [9.17, 15) is 30.6 Å². The summed E-state index contributed by atoms with van der Waals surface area (Å²) in [5.74, 6) is -0.563. The zero-order chi connectivity index (χ0) is 16.2. The van der Waals surface area contributed by atoms with Crippen LogP contribution in [-0.4, -0.2) is 60.7 Å². The molecule has 0 aliphatic heterocycles. The summed E-state index contributed by atoms with van der Waals surface area (Å²) in [4.78, 5) is 0. The fourth-order valence-electron chi connectivity index (χ4n) is 1.95. The SMILES string of the molecule is CC(O)[C@H](O)[C@@](C)(O)[C@H](O)[C@H](O)C(O)=Cc1ccccc1. The molecule has 5 atom stereocenters. The Kier molecular flexibility index (Phi) is 5.88. The molecule has 1 aromatic rings. The maximum atomic E-state index is 10.0. The van der Waals surface area contributed by atoms with E-state index in [1.807, 2.05) is 0 Å². The lowest BCUT2D eigenvalue weighted by molar-refractivity contribution is -0.186. The van der Waals surface area contributed by atoms with Gasteiger partial charge in [-0.15, -0.1) is 0 Å². The molecule has 0 aliphatic carbocycles. The van der Waals surface area contributed by atoms with E-state index in [0.29, 0.717) is 5.56 Å². The Morgan fingerprint density at radius 3 is 2.05 bits per heavy atom. The molecule has 6 heteroatoms. The minimum Gasteiger partial charge on any atom is -0.509 e. The summed E-state index contributed by atoms with van der Waals surface area (Å²) in [5.41, 5.74) is -1.61. The quantitative estimate of drug-likeness (QED) is 0.405. The van der Waals surface area contributed by atoms with E-state index in [1.54, 1.807) is 30.3 Å². The van der Waals surface area contributed by atoms with Gasteiger partial charge in [-0.25, -0.2) is 0 Å². The topological polar surface area (TPSA) is 121 Å². The highest BCUT2D eigenvalue weighted by molar-refractivity contribution is 5.51. The van der Waals surface area contributed by atoms with Gasteiger partial charge < -0.3 is 30.6 Å². The van der Waals surface area contributed by atoms with Crippen LogP contribution in [-0.2, 0) is 0 Å². The summed E-state index contributed by atoms with van der Waals surface area (Å²) < 4.78 is 0. The van der Waals surface area contributed by atoms with Crippen molar-refractivity contribution >= 4 is 6.08 Å². The molecule has 0 heterocycles. The molecule has 6 nitrogen and oxygen atoms in total. The predicted octanol–water partition coefficient (Wildman–Crippen LogP) is -0.200. The van der Waals surface area contributed by atoms with Crippen LogP contribution in [0.2, 0.25) is 0 Å². The lowest BCUT2D eigenvalue weighted by atomic mass is 9.86. The van der Waals surface area contributed by atoms with Crippen LogP contribution < -0.4 is 0 Å². The lowest BCUT2D eigenvalue weighted by Crippen LogP contribution is -2.58. The number of aliphatic hydroxyl groups is 6. The smallest absolute Gasteiger partial charge is 0.139 e. The molecule has 0 aliphatic rings. The van der Waals surface area contributed by atoms with Crippen molar-refractivity contribution in [1.29, 1.82) is 0 Å². The third-order valence-corrected chi connectivity index (χ3v) is 3.37. The summed E-state index contributed by atoms with van der Waals surface area (Å²) in [6, 6.07) is 8.60. The van der Waals surface area contributed by atoms with E-state index in [4.69, 9.17) is 0 Å². The van der Waals surface area contributed by atoms with Gasteiger partial charge in [0.1, 0.15) is 29.7 Å². The first-order valence-electron chi connectivity index (χ1n) is 6.58. The molecule has 1 aromatic carbocycles. The highest BCUT2D eigenvalue weighted by atomic mass is 16.4. The van der Waals surface area contributed by atoms with E-state index in [0.717, 1.165) is 6.92 Å². The Labute approximate surface area is 123 Å². The minimum atomic E-state index is -2.20. The second-order valence-electron chi connectivity index (χ2n) is 5.28. The van der Waals surface area contributed by atoms with Crippen molar-refractivity contribution in [1.82, 2.24) is 0 Å². The number of hydrogen-bond acceptors (Lipinski definition) is 6. The van der Waals surface area contributed by atoms with E-state index < -0.39 is 35.8 Å². The van der Waals surface area contributed by atoms with Crippen molar-refractivity contribution in [2.75, 3.05) is 0 Å². The molecule has 0 spiro atoms. The Hall–Kier alpha value is -1.44. The third-order valence-electron chi connectivity index (χ3n) is 3.37. The first-order valence-corrected chi connectivity index (χ1v) is 6.58. The molecule has 6 N–H and O–H groups in total. The zero-order valence-corrected chi connectivity index (χ0v) is 12.0. The molecule has 0 amide bonds. The molecule has 0 fully saturated rings. The van der Waals surface area contributed by atoms with Crippen LogP contribution in [0.4, 0.5) is 0 Å².